The zero-order valence-electron chi connectivity index (χ0n) is 22.1. The molecule has 7 nitrogen and oxygen atoms in total. The number of rotatable bonds is 5. The lowest BCUT2D eigenvalue weighted by Crippen LogP contribution is -2.34. The molecule has 6 rings (SSSR count). The van der Waals surface area contributed by atoms with E-state index in [4.69, 9.17) is 32.0 Å². The molecule has 1 aliphatic carbocycles. The van der Waals surface area contributed by atoms with Crippen LogP contribution in [0.15, 0.2) is 59.3 Å². The van der Waals surface area contributed by atoms with E-state index >= 15 is 0 Å². The van der Waals surface area contributed by atoms with Gasteiger partial charge in [-0.3, -0.25) is 0 Å². The third-order valence-corrected chi connectivity index (χ3v) is 7.86. The third-order valence-electron chi connectivity index (χ3n) is 7.61. The summed E-state index contributed by atoms with van der Waals surface area (Å²) in [4.78, 5) is 7.47. The standard InChI is InChI=1S/C29H31ClN4O3/c1-18-28(19(2)37-32-18)20-4-13-26-25(16-20)31-29(34(26)23-9-11-24(35-3)12-10-23)27-14-15-36-17-33(27)22-7-5-21(30)6-8-22/h4-8,13-16,23-24,27H,9-12,17H2,1-3H3/t23?,24?,27-/m0/s1/i3D. The maximum atomic E-state index is 7.45. The molecule has 0 amide bonds. The molecule has 0 radical (unpaired) electrons. The summed E-state index contributed by atoms with van der Waals surface area (Å²) in [6.07, 6.45) is 7.82. The van der Waals surface area contributed by atoms with Gasteiger partial charge in [-0.25, -0.2) is 4.98 Å². The van der Waals surface area contributed by atoms with Crippen molar-refractivity contribution in [2.45, 2.75) is 57.7 Å². The number of hydrogen-bond acceptors (Lipinski definition) is 6. The molecular formula is C29H31ClN4O3. The smallest absolute Gasteiger partial charge is 0.161 e. The van der Waals surface area contributed by atoms with Crippen LogP contribution in [0.3, 0.4) is 0 Å². The van der Waals surface area contributed by atoms with Crippen molar-refractivity contribution >= 4 is 28.3 Å². The van der Waals surface area contributed by atoms with Crippen LogP contribution in [-0.4, -0.2) is 34.6 Å². The van der Waals surface area contributed by atoms with Gasteiger partial charge in [0.2, 0.25) is 0 Å². The number of aromatic nitrogens is 3. The monoisotopic (exact) mass is 519 g/mol. The highest BCUT2D eigenvalue weighted by atomic mass is 35.5. The van der Waals surface area contributed by atoms with E-state index in [0.717, 1.165) is 70.8 Å². The topological polar surface area (TPSA) is 65.6 Å². The summed E-state index contributed by atoms with van der Waals surface area (Å²) in [5.74, 6) is 1.78. The van der Waals surface area contributed by atoms with Crippen LogP contribution >= 0.6 is 11.6 Å². The molecule has 1 aliphatic heterocycles. The van der Waals surface area contributed by atoms with Gasteiger partial charge < -0.3 is 23.5 Å². The minimum absolute atomic E-state index is 0.0159. The summed E-state index contributed by atoms with van der Waals surface area (Å²) in [5, 5.41) is 4.85. The third kappa shape index (κ3) is 4.40. The van der Waals surface area contributed by atoms with Crippen LogP contribution in [0.25, 0.3) is 22.2 Å². The Morgan fingerprint density at radius 1 is 1.08 bits per heavy atom. The lowest BCUT2D eigenvalue weighted by molar-refractivity contribution is 0.0584. The van der Waals surface area contributed by atoms with Gasteiger partial charge in [-0.05, 0) is 87.6 Å². The highest BCUT2D eigenvalue weighted by Crippen LogP contribution is 2.40. The van der Waals surface area contributed by atoms with Gasteiger partial charge >= 0.3 is 0 Å². The van der Waals surface area contributed by atoms with Crippen molar-refractivity contribution in [1.82, 2.24) is 14.7 Å². The zero-order chi connectivity index (χ0) is 26.2. The van der Waals surface area contributed by atoms with Crippen molar-refractivity contribution in [2.24, 2.45) is 0 Å². The second kappa shape index (κ2) is 9.88. The molecular weight excluding hydrogens is 488 g/mol. The van der Waals surface area contributed by atoms with Crippen LogP contribution < -0.4 is 4.90 Å². The molecule has 8 heteroatoms. The first-order valence-corrected chi connectivity index (χ1v) is 13.1. The average molecular weight is 520 g/mol. The fraction of sp³-hybridized carbons (Fsp3) is 0.379. The molecule has 2 aliphatic rings. The normalized spacial score (nSPS) is 22.3. The fourth-order valence-electron chi connectivity index (χ4n) is 5.76. The highest BCUT2D eigenvalue weighted by Gasteiger charge is 2.32. The van der Waals surface area contributed by atoms with E-state index in [1.807, 2.05) is 38.1 Å². The molecule has 1 fully saturated rings. The Morgan fingerprint density at radius 2 is 1.89 bits per heavy atom. The van der Waals surface area contributed by atoms with Gasteiger partial charge in [-0.2, -0.15) is 0 Å². The first-order chi connectivity index (χ1) is 18.5. The van der Waals surface area contributed by atoms with Gasteiger partial charge in [0.15, 0.2) is 6.73 Å². The second-order valence-electron chi connectivity index (χ2n) is 9.86. The van der Waals surface area contributed by atoms with Gasteiger partial charge in [-0.1, -0.05) is 22.8 Å². The molecule has 0 N–H and O–H groups in total. The predicted molar refractivity (Wildman–Crippen MR) is 145 cm³/mol. The lowest BCUT2D eigenvalue weighted by Gasteiger charge is -2.36. The summed E-state index contributed by atoms with van der Waals surface area (Å²) in [6, 6.07) is 14.5. The first kappa shape index (κ1) is 22.9. The van der Waals surface area contributed by atoms with Crippen LogP contribution in [0.5, 0.6) is 0 Å². The Morgan fingerprint density at radius 3 is 2.62 bits per heavy atom. The molecule has 2 aromatic heterocycles. The van der Waals surface area contributed by atoms with Crippen molar-refractivity contribution in [3.05, 3.63) is 77.1 Å². The Labute approximate surface area is 223 Å². The van der Waals surface area contributed by atoms with Gasteiger partial charge in [0.05, 0.1) is 30.5 Å². The summed E-state index contributed by atoms with van der Waals surface area (Å²) >= 11 is 6.18. The molecule has 0 spiro atoms. The molecule has 37 heavy (non-hydrogen) atoms. The Bertz CT molecular complexity index is 1440. The largest absolute Gasteiger partial charge is 0.481 e. The molecule has 0 bridgehead atoms. The van der Waals surface area contributed by atoms with Crippen molar-refractivity contribution in [3.8, 4) is 11.1 Å². The van der Waals surface area contributed by atoms with E-state index in [2.05, 4.69) is 38.9 Å². The van der Waals surface area contributed by atoms with Crippen LogP contribution in [0, 0.1) is 13.8 Å². The Balaban J connectivity index is 1.46. The van der Waals surface area contributed by atoms with E-state index in [-0.39, 0.29) is 25.3 Å². The number of hydrogen-bond donors (Lipinski definition) is 0. The number of methoxy groups -OCH3 is 1. The minimum Gasteiger partial charge on any atom is -0.481 e. The lowest BCUT2D eigenvalue weighted by atomic mass is 9.92. The van der Waals surface area contributed by atoms with Crippen LogP contribution in [0.1, 0.15) is 56.4 Å². The van der Waals surface area contributed by atoms with Gasteiger partial charge in [0.25, 0.3) is 0 Å². The molecule has 2 aromatic carbocycles. The number of halogens is 1. The van der Waals surface area contributed by atoms with Crippen molar-refractivity contribution < 1.29 is 15.4 Å². The van der Waals surface area contributed by atoms with Crippen LogP contribution in [0.2, 0.25) is 5.02 Å². The quantitative estimate of drug-likeness (QED) is 0.279. The molecule has 4 aromatic rings. The first-order valence-electron chi connectivity index (χ1n) is 13.4. The van der Waals surface area contributed by atoms with E-state index in [1.165, 1.54) is 0 Å². The van der Waals surface area contributed by atoms with E-state index in [1.54, 1.807) is 6.26 Å². The van der Waals surface area contributed by atoms with Gasteiger partial charge in [-0.15, -0.1) is 0 Å². The van der Waals surface area contributed by atoms with E-state index < -0.39 is 0 Å². The summed E-state index contributed by atoms with van der Waals surface area (Å²) in [5.41, 5.74) is 6.01. The van der Waals surface area contributed by atoms with Crippen LogP contribution in [0.4, 0.5) is 5.69 Å². The van der Waals surface area contributed by atoms with Crippen molar-refractivity contribution in [3.63, 3.8) is 0 Å². The maximum absolute atomic E-state index is 7.45. The summed E-state index contributed by atoms with van der Waals surface area (Å²) < 4.78 is 26.7. The van der Waals surface area contributed by atoms with Crippen LogP contribution in [-0.2, 0) is 9.47 Å². The summed E-state index contributed by atoms with van der Waals surface area (Å²) in [6.45, 7) is 4.33. The molecule has 0 unspecified atom stereocenters. The molecule has 1 atom stereocenters. The number of imidazole rings is 1. The Kier molecular flexibility index (Phi) is 6.11. The number of fused-ring (bicyclic) bond motifs is 1. The van der Waals surface area contributed by atoms with Gasteiger partial charge in [0, 0.05) is 29.4 Å². The number of ether oxygens (including phenoxy) is 2. The maximum Gasteiger partial charge on any atom is 0.161 e. The van der Waals surface area contributed by atoms with Crippen molar-refractivity contribution in [1.29, 1.82) is 0 Å². The molecule has 1 saturated carbocycles. The predicted octanol–water partition coefficient (Wildman–Crippen LogP) is 7.14. The van der Waals surface area contributed by atoms with Crippen molar-refractivity contribution in [2.75, 3.05) is 18.7 Å². The second-order valence-corrected chi connectivity index (χ2v) is 10.3. The molecule has 192 valence electrons. The average Bonchev–Trinajstić information content (AvgIpc) is 3.48. The number of anilines is 1. The summed E-state index contributed by atoms with van der Waals surface area (Å²) in [7, 11) is 0.0159. The SMILES string of the molecule is [2H]COC1CCC(n2c([C@@H]3C=COCN3c3ccc(Cl)cc3)nc3cc(-c4c(C)noc4C)ccc32)CC1. The van der Waals surface area contributed by atoms with E-state index in [0.29, 0.717) is 11.8 Å². The number of nitrogens with zero attached hydrogens (tertiary/aromatic N) is 4. The minimum atomic E-state index is -0.109. The molecule has 0 saturated heterocycles. The molecule has 3 heterocycles. The van der Waals surface area contributed by atoms with Gasteiger partial charge in [0.1, 0.15) is 17.6 Å². The number of aryl methyl sites for hydroxylation is 2. The fourth-order valence-corrected chi connectivity index (χ4v) is 5.89. The highest BCUT2D eigenvalue weighted by molar-refractivity contribution is 6.30. The van der Waals surface area contributed by atoms with E-state index in [9.17, 15) is 0 Å². The zero-order valence-corrected chi connectivity index (χ0v) is 21.8. The Hall–Kier alpha value is -3.29. The number of benzene rings is 2.